The maximum atomic E-state index is 12.4. The number of anilines is 1. The van der Waals surface area contributed by atoms with Crippen molar-refractivity contribution in [3.05, 3.63) is 41.7 Å². The molecule has 0 saturated heterocycles. The van der Waals surface area contributed by atoms with E-state index in [1.165, 1.54) is 30.3 Å². The van der Waals surface area contributed by atoms with Crippen LogP contribution in [0.2, 0.25) is 0 Å². The van der Waals surface area contributed by atoms with Crippen LogP contribution in [0.15, 0.2) is 35.9 Å². The fraction of sp³-hybridized carbons (Fsp3) is 0. The average Bonchev–Trinajstić information content (AvgIpc) is 2.09. The Labute approximate surface area is 80.0 Å². The zero-order valence-electron chi connectivity index (χ0n) is 6.63. The second-order valence-corrected chi connectivity index (χ2v) is 2.54. The van der Waals surface area contributed by atoms with Crippen LogP contribution in [0.4, 0.5) is 10.1 Å². The molecule has 0 aliphatic heterocycles. The van der Waals surface area contributed by atoms with E-state index in [0.29, 0.717) is 5.69 Å². The summed E-state index contributed by atoms with van der Waals surface area (Å²) >= 11 is 5.19. The summed E-state index contributed by atoms with van der Waals surface area (Å²) in [5.74, 6) is -0.688. The first kappa shape index (κ1) is 9.74. The van der Waals surface area contributed by atoms with E-state index in [-0.39, 0.29) is 11.7 Å². The van der Waals surface area contributed by atoms with Gasteiger partial charge in [0.1, 0.15) is 5.82 Å². The van der Waals surface area contributed by atoms with E-state index in [0.717, 1.165) is 5.54 Å². The molecule has 0 aromatic heterocycles. The fourth-order valence-corrected chi connectivity index (χ4v) is 0.889. The zero-order valence-corrected chi connectivity index (χ0v) is 7.38. The summed E-state index contributed by atoms with van der Waals surface area (Å²) in [5.41, 5.74) is 1.64. The molecule has 1 rings (SSSR count). The van der Waals surface area contributed by atoms with Gasteiger partial charge in [-0.2, -0.15) is 0 Å². The van der Waals surface area contributed by atoms with E-state index >= 15 is 0 Å². The maximum Gasteiger partial charge on any atom is 0.249 e. The quantitative estimate of drug-likeness (QED) is 0.729. The minimum absolute atomic E-state index is 0.342. The molecular formula is C9H7ClFNO. The SMILES string of the molecule is O=C(C=CCl)Nc1ccc(F)cc1. The number of amides is 1. The molecule has 0 spiro atoms. The highest BCUT2D eigenvalue weighted by atomic mass is 35.5. The Morgan fingerprint density at radius 3 is 2.54 bits per heavy atom. The minimum atomic E-state index is -0.346. The third kappa shape index (κ3) is 3.25. The molecule has 0 aliphatic carbocycles. The molecule has 0 aliphatic rings. The molecule has 1 aromatic rings. The van der Waals surface area contributed by atoms with Gasteiger partial charge in [-0.3, -0.25) is 4.79 Å². The van der Waals surface area contributed by atoms with Gasteiger partial charge in [-0.15, -0.1) is 0 Å². The van der Waals surface area contributed by atoms with Crippen molar-refractivity contribution >= 4 is 23.2 Å². The number of carbonyl (C=O) groups is 1. The molecule has 2 nitrogen and oxygen atoms in total. The molecule has 0 heterocycles. The predicted octanol–water partition coefficient (Wildman–Crippen LogP) is 2.52. The number of hydrogen-bond donors (Lipinski definition) is 1. The fourth-order valence-electron chi connectivity index (χ4n) is 0.774. The molecule has 0 atom stereocenters. The smallest absolute Gasteiger partial charge is 0.249 e. The lowest BCUT2D eigenvalue weighted by Crippen LogP contribution is -2.07. The molecule has 0 bridgehead atoms. The Kier molecular flexibility index (Phi) is 3.46. The van der Waals surface area contributed by atoms with Crippen molar-refractivity contribution in [2.75, 3.05) is 5.32 Å². The number of hydrogen-bond acceptors (Lipinski definition) is 1. The molecule has 1 amide bonds. The van der Waals surface area contributed by atoms with Crippen LogP contribution in [0, 0.1) is 5.82 Å². The lowest BCUT2D eigenvalue weighted by atomic mass is 10.3. The third-order valence-corrected chi connectivity index (χ3v) is 1.45. The maximum absolute atomic E-state index is 12.4. The van der Waals surface area contributed by atoms with Crippen LogP contribution in [-0.2, 0) is 4.79 Å². The van der Waals surface area contributed by atoms with Gasteiger partial charge in [0.2, 0.25) is 5.91 Å². The Morgan fingerprint density at radius 1 is 1.38 bits per heavy atom. The monoisotopic (exact) mass is 199 g/mol. The Bertz CT molecular complexity index is 321. The standard InChI is InChI=1S/C9H7ClFNO/c10-6-5-9(13)12-8-3-1-7(11)2-4-8/h1-6H,(H,12,13). The van der Waals surface area contributed by atoms with Crippen molar-refractivity contribution in [2.24, 2.45) is 0 Å². The van der Waals surface area contributed by atoms with E-state index in [4.69, 9.17) is 11.6 Å². The van der Waals surface area contributed by atoms with E-state index < -0.39 is 0 Å². The van der Waals surface area contributed by atoms with Crippen molar-refractivity contribution < 1.29 is 9.18 Å². The van der Waals surface area contributed by atoms with Crippen molar-refractivity contribution in [3.63, 3.8) is 0 Å². The van der Waals surface area contributed by atoms with Gasteiger partial charge in [0.25, 0.3) is 0 Å². The van der Waals surface area contributed by atoms with Crippen LogP contribution >= 0.6 is 11.6 Å². The molecule has 0 fully saturated rings. The van der Waals surface area contributed by atoms with Crippen LogP contribution in [0.1, 0.15) is 0 Å². The van der Waals surface area contributed by atoms with Gasteiger partial charge in [-0.05, 0) is 24.3 Å². The molecule has 1 aromatic carbocycles. The molecule has 0 unspecified atom stereocenters. The van der Waals surface area contributed by atoms with Gasteiger partial charge in [0.15, 0.2) is 0 Å². The first-order chi connectivity index (χ1) is 6.22. The first-order valence-electron chi connectivity index (χ1n) is 3.55. The van der Waals surface area contributed by atoms with Crippen LogP contribution in [0.3, 0.4) is 0 Å². The van der Waals surface area contributed by atoms with Gasteiger partial charge >= 0.3 is 0 Å². The lowest BCUT2D eigenvalue weighted by molar-refractivity contribution is -0.111. The van der Waals surface area contributed by atoms with E-state index in [2.05, 4.69) is 5.32 Å². The molecule has 0 radical (unpaired) electrons. The predicted molar refractivity (Wildman–Crippen MR) is 50.0 cm³/mol. The van der Waals surface area contributed by atoms with E-state index in [1.807, 2.05) is 0 Å². The second kappa shape index (κ2) is 4.62. The lowest BCUT2D eigenvalue weighted by Gasteiger charge is -2.00. The number of benzene rings is 1. The number of carbonyl (C=O) groups excluding carboxylic acids is 1. The average molecular weight is 200 g/mol. The van der Waals surface area contributed by atoms with Crippen molar-refractivity contribution in [1.29, 1.82) is 0 Å². The van der Waals surface area contributed by atoms with Crippen LogP contribution < -0.4 is 5.32 Å². The molecule has 13 heavy (non-hydrogen) atoms. The third-order valence-electron chi connectivity index (χ3n) is 1.33. The Hall–Kier alpha value is -1.35. The molecule has 0 saturated carbocycles. The summed E-state index contributed by atoms with van der Waals surface area (Å²) in [4.78, 5) is 10.9. The van der Waals surface area contributed by atoms with Crippen LogP contribution in [-0.4, -0.2) is 5.91 Å². The van der Waals surface area contributed by atoms with Crippen molar-refractivity contribution in [2.45, 2.75) is 0 Å². The minimum Gasteiger partial charge on any atom is -0.322 e. The molecule has 1 N–H and O–H groups in total. The van der Waals surface area contributed by atoms with E-state index in [9.17, 15) is 9.18 Å². The summed E-state index contributed by atoms with van der Waals surface area (Å²) in [7, 11) is 0. The van der Waals surface area contributed by atoms with Crippen molar-refractivity contribution in [1.82, 2.24) is 0 Å². The van der Waals surface area contributed by atoms with Gasteiger partial charge in [-0.25, -0.2) is 4.39 Å². The van der Waals surface area contributed by atoms with Crippen LogP contribution in [0.5, 0.6) is 0 Å². The highest BCUT2D eigenvalue weighted by molar-refractivity contribution is 6.27. The summed E-state index contributed by atoms with van der Waals surface area (Å²) in [6.45, 7) is 0. The van der Waals surface area contributed by atoms with Crippen molar-refractivity contribution in [3.8, 4) is 0 Å². The van der Waals surface area contributed by atoms with Gasteiger partial charge in [0, 0.05) is 17.3 Å². The Morgan fingerprint density at radius 2 is 2.00 bits per heavy atom. The van der Waals surface area contributed by atoms with Gasteiger partial charge in [-0.1, -0.05) is 11.6 Å². The van der Waals surface area contributed by atoms with Crippen LogP contribution in [0.25, 0.3) is 0 Å². The number of rotatable bonds is 2. The molecule has 68 valence electrons. The summed E-state index contributed by atoms with van der Waals surface area (Å²) in [5, 5.41) is 2.49. The zero-order chi connectivity index (χ0) is 9.68. The first-order valence-corrected chi connectivity index (χ1v) is 3.99. The van der Waals surface area contributed by atoms with E-state index in [1.54, 1.807) is 0 Å². The summed E-state index contributed by atoms with van der Waals surface area (Å²) in [6, 6.07) is 5.46. The van der Waals surface area contributed by atoms with Gasteiger partial charge < -0.3 is 5.32 Å². The molecular weight excluding hydrogens is 193 g/mol. The number of nitrogens with one attached hydrogen (secondary N) is 1. The molecule has 4 heteroatoms. The largest absolute Gasteiger partial charge is 0.322 e. The van der Waals surface area contributed by atoms with Gasteiger partial charge in [0.05, 0.1) is 0 Å². The summed E-state index contributed by atoms with van der Waals surface area (Å²) < 4.78 is 12.4. The number of halogens is 2. The topological polar surface area (TPSA) is 29.1 Å². The second-order valence-electron chi connectivity index (χ2n) is 2.29. The highest BCUT2D eigenvalue weighted by Gasteiger charge is 1.96. The highest BCUT2D eigenvalue weighted by Crippen LogP contribution is 2.07. The summed E-state index contributed by atoms with van der Waals surface area (Å²) in [6.07, 6.45) is 1.17. The Balaban J connectivity index is 2.64. The normalized spacial score (nSPS) is 10.3.